The summed E-state index contributed by atoms with van der Waals surface area (Å²) in [6, 6.07) is 1.83. The number of pyridine rings is 1. The van der Waals surface area contributed by atoms with Crippen LogP contribution in [0.2, 0.25) is 5.02 Å². The maximum absolute atomic E-state index is 5.95. The number of hydrogen-bond donors (Lipinski definition) is 1. The van der Waals surface area contributed by atoms with Gasteiger partial charge in [-0.2, -0.15) is 5.10 Å². The summed E-state index contributed by atoms with van der Waals surface area (Å²) >= 11 is 11.3. The predicted octanol–water partition coefficient (Wildman–Crippen LogP) is 3.09. The minimum atomic E-state index is 0.594. The molecule has 0 atom stereocenters. The molecule has 0 fully saturated rings. The van der Waals surface area contributed by atoms with E-state index >= 15 is 0 Å². The second-order valence-electron chi connectivity index (χ2n) is 4.67. The lowest BCUT2D eigenvalue weighted by atomic mass is 10.2. The normalized spacial score (nSPS) is 11.3. The van der Waals surface area contributed by atoms with Gasteiger partial charge in [-0.25, -0.2) is 4.98 Å². The molecule has 104 valence electrons. The van der Waals surface area contributed by atoms with Gasteiger partial charge in [-0.15, -0.1) is 0 Å². The van der Waals surface area contributed by atoms with Crippen LogP contribution >= 0.6 is 23.8 Å². The molecule has 3 aromatic heterocycles. The third-order valence-electron chi connectivity index (χ3n) is 3.23. The maximum atomic E-state index is 5.95. The molecule has 7 heteroatoms. The Morgan fingerprint density at radius 1 is 1.45 bits per heavy atom. The van der Waals surface area contributed by atoms with Crippen molar-refractivity contribution in [2.24, 2.45) is 7.05 Å². The highest BCUT2D eigenvalue weighted by Gasteiger charge is 2.11. The van der Waals surface area contributed by atoms with Crippen molar-refractivity contribution in [3.63, 3.8) is 0 Å². The molecule has 0 bridgehead atoms. The van der Waals surface area contributed by atoms with Gasteiger partial charge >= 0.3 is 0 Å². The van der Waals surface area contributed by atoms with E-state index in [1.165, 1.54) is 0 Å². The Morgan fingerprint density at radius 2 is 2.25 bits per heavy atom. The Hall–Kier alpha value is -1.66. The van der Waals surface area contributed by atoms with E-state index in [0.29, 0.717) is 16.3 Å². The summed E-state index contributed by atoms with van der Waals surface area (Å²) in [6.45, 7) is 2.75. The summed E-state index contributed by atoms with van der Waals surface area (Å²) in [4.78, 5) is 7.50. The van der Waals surface area contributed by atoms with Crippen LogP contribution in [-0.4, -0.2) is 24.3 Å². The Kier molecular flexibility index (Phi) is 3.35. The number of nitrogens with one attached hydrogen (secondary N) is 1. The number of halogens is 1. The molecule has 0 unspecified atom stereocenters. The molecule has 0 aromatic carbocycles. The van der Waals surface area contributed by atoms with Gasteiger partial charge in [0.1, 0.15) is 0 Å². The first kappa shape index (κ1) is 13.3. The molecule has 0 spiro atoms. The molecule has 20 heavy (non-hydrogen) atoms. The number of H-pyrrole nitrogens is 1. The van der Waals surface area contributed by atoms with Crippen LogP contribution in [0.15, 0.2) is 18.5 Å². The summed E-state index contributed by atoms with van der Waals surface area (Å²) in [5, 5.41) is 5.05. The van der Waals surface area contributed by atoms with E-state index in [-0.39, 0.29) is 0 Å². The average Bonchev–Trinajstić information content (AvgIpc) is 2.90. The minimum Gasteiger partial charge on any atom is -0.329 e. The van der Waals surface area contributed by atoms with Crippen molar-refractivity contribution in [2.75, 3.05) is 0 Å². The molecule has 3 rings (SSSR count). The van der Waals surface area contributed by atoms with E-state index in [4.69, 9.17) is 23.8 Å². The molecule has 1 N–H and O–H groups in total. The van der Waals surface area contributed by atoms with E-state index in [2.05, 4.69) is 22.0 Å². The Labute approximate surface area is 126 Å². The first-order valence-corrected chi connectivity index (χ1v) is 7.12. The topological polar surface area (TPSA) is 51.4 Å². The van der Waals surface area contributed by atoms with E-state index in [9.17, 15) is 0 Å². The van der Waals surface area contributed by atoms with Crippen LogP contribution in [-0.2, 0) is 20.0 Å². The highest BCUT2D eigenvalue weighted by molar-refractivity contribution is 7.71. The molecule has 0 saturated carbocycles. The molecular formula is C13H14ClN5S. The predicted molar refractivity (Wildman–Crippen MR) is 81.6 cm³/mol. The highest BCUT2D eigenvalue weighted by atomic mass is 35.5. The average molecular weight is 308 g/mol. The Bertz CT molecular complexity index is 829. The van der Waals surface area contributed by atoms with Gasteiger partial charge in [-0.05, 0) is 24.7 Å². The van der Waals surface area contributed by atoms with Crippen LogP contribution in [0.5, 0.6) is 0 Å². The van der Waals surface area contributed by atoms with Gasteiger partial charge in [0.05, 0.1) is 22.8 Å². The van der Waals surface area contributed by atoms with Crippen LogP contribution in [0.4, 0.5) is 0 Å². The second-order valence-corrected chi connectivity index (χ2v) is 5.49. The molecular weight excluding hydrogens is 294 g/mol. The van der Waals surface area contributed by atoms with Crippen LogP contribution < -0.4 is 0 Å². The first-order valence-electron chi connectivity index (χ1n) is 6.34. The van der Waals surface area contributed by atoms with Crippen molar-refractivity contribution in [3.05, 3.63) is 39.5 Å². The summed E-state index contributed by atoms with van der Waals surface area (Å²) in [5.74, 6) is 0. The number of hydrogen-bond acceptors (Lipinski definition) is 3. The van der Waals surface area contributed by atoms with Gasteiger partial charge < -0.3 is 4.98 Å². The number of imidazole rings is 1. The zero-order valence-corrected chi connectivity index (χ0v) is 12.8. The standard InChI is InChI=1S/C13H14ClN5S/c1-3-10-8(6-18(2)17-10)7-19-12-11(16-13(19)20)4-9(14)5-15-12/h4-6H,3,7H2,1-2H3,(H,16,20). The summed E-state index contributed by atoms with van der Waals surface area (Å²) in [7, 11) is 1.93. The van der Waals surface area contributed by atoms with Gasteiger partial charge in [0.25, 0.3) is 0 Å². The number of nitrogens with zero attached hydrogens (tertiary/aromatic N) is 4. The van der Waals surface area contributed by atoms with E-state index in [1.807, 2.05) is 28.6 Å². The lowest BCUT2D eigenvalue weighted by Gasteiger charge is -2.03. The smallest absolute Gasteiger partial charge is 0.179 e. The lowest BCUT2D eigenvalue weighted by molar-refractivity contribution is 0.746. The van der Waals surface area contributed by atoms with Crippen molar-refractivity contribution >= 4 is 35.0 Å². The molecule has 0 saturated heterocycles. The molecule has 0 aliphatic rings. The fourth-order valence-electron chi connectivity index (χ4n) is 2.35. The summed E-state index contributed by atoms with van der Waals surface area (Å²) in [6.07, 6.45) is 4.55. The Morgan fingerprint density at radius 3 is 3.00 bits per heavy atom. The van der Waals surface area contributed by atoms with E-state index in [0.717, 1.165) is 28.8 Å². The number of rotatable bonds is 3. The zero-order chi connectivity index (χ0) is 14.3. The molecule has 0 aliphatic heterocycles. The lowest BCUT2D eigenvalue weighted by Crippen LogP contribution is -2.02. The fourth-order valence-corrected chi connectivity index (χ4v) is 2.77. The van der Waals surface area contributed by atoms with Crippen molar-refractivity contribution in [1.29, 1.82) is 0 Å². The first-order chi connectivity index (χ1) is 9.58. The number of aryl methyl sites for hydroxylation is 2. The van der Waals surface area contributed by atoms with E-state index in [1.54, 1.807) is 6.20 Å². The SMILES string of the molecule is CCc1nn(C)cc1Cn1c(=S)[nH]c2cc(Cl)cnc21. The number of fused-ring (bicyclic) bond motifs is 1. The van der Waals surface area contributed by atoms with Crippen molar-refractivity contribution in [3.8, 4) is 0 Å². The summed E-state index contributed by atoms with van der Waals surface area (Å²) < 4.78 is 4.44. The van der Waals surface area contributed by atoms with Gasteiger partial charge in [0, 0.05) is 25.0 Å². The number of aromatic nitrogens is 5. The van der Waals surface area contributed by atoms with Gasteiger partial charge in [-0.3, -0.25) is 9.25 Å². The quantitative estimate of drug-likeness (QED) is 0.757. The molecule has 3 heterocycles. The van der Waals surface area contributed by atoms with Gasteiger partial charge in [0.15, 0.2) is 10.4 Å². The van der Waals surface area contributed by atoms with Gasteiger partial charge in [0.2, 0.25) is 0 Å². The van der Waals surface area contributed by atoms with Crippen LogP contribution in [0.1, 0.15) is 18.2 Å². The summed E-state index contributed by atoms with van der Waals surface area (Å²) in [5.41, 5.74) is 3.90. The van der Waals surface area contributed by atoms with Crippen molar-refractivity contribution in [1.82, 2.24) is 24.3 Å². The molecule has 5 nitrogen and oxygen atoms in total. The zero-order valence-electron chi connectivity index (χ0n) is 11.2. The largest absolute Gasteiger partial charge is 0.329 e. The Balaban J connectivity index is 2.10. The third-order valence-corrected chi connectivity index (χ3v) is 3.76. The molecule has 0 radical (unpaired) electrons. The fraction of sp³-hybridized carbons (Fsp3) is 0.308. The highest BCUT2D eigenvalue weighted by Crippen LogP contribution is 2.18. The van der Waals surface area contributed by atoms with Crippen LogP contribution in [0, 0.1) is 4.77 Å². The third kappa shape index (κ3) is 2.25. The molecule has 3 aromatic rings. The number of aromatic amines is 1. The van der Waals surface area contributed by atoms with E-state index < -0.39 is 0 Å². The van der Waals surface area contributed by atoms with Crippen LogP contribution in [0.3, 0.4) is 0 Å². The molecule has 0 amide bonds. The van der Waals surface area contributed by atoms with Crippen molar-refractivity contribution in [2.45, 2.75) is 19.9 Å². The van der Waals surface area contributed by atoms with Crippen LogP contribution in [0.25, 0.3) is 11.2 Å². The maximum Gasteiger partial charge on any atom is 0.179 e. The monoisotopic (exact) mass is 307 g/mol. The van der Waals surface area contributed by atoms with Crippen molar-refractivity contribution < 1.29 is 0 Å². The molecule has 0 aliphatic carbocycles. The second kappa shape index (κ2) is 5.03. The minimum absolute atomic E-state index is 0.594. The van der Waals surface area contributed by atoms with Gasteiger partial charge in [-0.1, -0.05) is 18.5 Å².